The Hall–Kier alpha value is -1.81. The van der Waals surface area contributed by atoms with E-state index in [0.717, 1.165) is 47.7 Å². The molecule has 9 heteroatoms. The van der Waals surface area contributed by atoms with Crippen molar-refractivity contribution in [1.82, 2.24) is 29.4 Å². The Balaban J connectivity index is 0.00000261. The van der Waals surface area contributed by atoms with Crippen molar-refractivity contribution in [2.24, 2.45) is 12.0 Å². The van der Waals surface area contributed by atoms with Crippen molar-refractivity contribution < 1.29 is 0 Å². The van der Waals surface area contributed by atoms with Crippen molar-refractivity contribution in [2.45, 2.75) is 19.9 Å². The Morgan fingerprint density at radius 1 is 1.33 bits per heavy atom. The van der Waals surface area contributed by atoms with Gasteiger partial charge in [0.2, 0.25) is 0 Å². The average Bonchev–Trinajstić information content (AvgIpc) is 3.17. The molecule has 0 bridgehead atoms. The minimum Gasteiger partial charge on any atom is -0.357 e. The van der Waals surface area contributed by atoms with E-state index in [1.54, 1.807) is 0 Å². The Labute approximate surface area is 181 Å². The predicted octanol–water partition coefficient (Wildman–Crippen LogP) is 2.98. The van der Waals surface area contributed by atoms with Gasteiger partial charge in [-0.15, -0.1) is 34.2 Å². The van der Waals surface area contributed by atoms with Gasteiger partial charge in [-0.25, -0.2) is 0 Å². The number of fused-ring (bicyclic) bond motifs is 1. The monoisotopic (exact) mass is 501 g/mol. The number of halogens is 2. The van der Waals surface area contributed by atoms with E-state index in [2.05, 4.69) is 27.3 Å². The van der Waals surface area contributed by atoms with Crippen LogP contribution in [0.2, 0.25) is 5.02 Å². The van der Waals surface area contributed by atoms with Gasteiger partial charge in [0.1, 0.15) is 5.82 Å². The van der Waals surface area contributed by atoms with Gasteiger partial charge in [0.15, 0.2) is 11.6 Å². The zero-order valence-corrected chi connectivity index (χ0v) is 18.8. The first-order valence-electron chi connectivity index (χ1n) is 8.67. The molecule has 0 fully saturated rings. The maximum Gasteiger partial charge on any atom is 0.194 e. The number of guanidine groups is 1. The van der Waals surface area contributed by atoms with E-state index in [4.69, 9.17) is 16.6 Å². The molecule has 0 unspecified atom stereocenters. The summed E-state index contributed by atoms with van der Waals surface area (Å²) in [5.74, 6) is 1.77. The molecular formula is C18H25ClIN7. The smallest absolute Gasteiger partial charge is 0.194 e. The molecule has 1 N–H and O–H groups in total. The third-order valence-corrected chi connectivity index (χ3v) is 4.36. The van der Waals surface area contributed by atoms with Crippen LogP contribution >= 0.6 is 35.6 Å². The van der Waals surface area contributed by atoms with Crippen molar-refractivity contribution >= 4 is 47.2 Å². The summed E-state index contributed by atoms with van der Waals surface area (Å²) >= 11 is 6.08. The van der Waals surface area contributed by atoms with Gasteiger partial charge < -0.3 is 14.8 Å². The summed E-state index contributed by atoms with van der Waals surface area (Å²) in [6.07, 6.45) is 4.61. The third kappa shape index (κ3) is 5.35. The van der Waals surface area contributed by atoms with Crippen molar-refractivity contribution in [3.63, 3.8) is 0 Å². The van der Waals surface area contributed by atoms with Crippen molar-refractivity contribution in [2.75, 3.05) is 20.1 Å². The molecule has 0 saturated heterocycles. The zero-order chi connectivity index (χ0) is 18.5. The minimum atomic E-state index is 0. The number of aromatic nitrogens is 4. The second-order valence-corrected chi connectivity index (χ2v) is 6.58. The highest BCUT2D eigenvalue weighted by Gasteiger charge is 2.10. The van der Waals surface area contributed by atoms with Gasteiger partial charge in [0.05, 0.1) is 11.6 Å². The molecule has 3 rings (SSSR count). The quantitative estimate of drug-likeness (QED) is 0.320. The minimum absolute atomic E-state index is 0. The first kappa shape index (κ1) is 21.5. The lowest BCUT2D eigenvalue weighted by Crippen LogP contribution is -2.39. The molecule has 0 atom stereocenters. The van der Waals surface area contributed by atoms with Crippen LogP contribution < -0.4 is 5.32 Å². The van der Waals surface area contributed by atoms with Crippen molar-refractivity contribution in [3.05, 3.63) is 53.2 Å². The second-order valence-electron chi connectivity index (χ2n) is 6.15. The largest absolute Gasteiger partial charge is 0.357 e. The fraction of sp³-hybridized carbons (Fsp3) is 0.389. The lowest BCUT2D eigenvalue weighted by Gasteiger charge is -2.22. The first-order valence-corrected chi connectivity index (χ1v) is 9.05. The highest BCUT2D eigenvalue weighted by atomic mass is 127. The van der Waals surface area contributed by atoms with E-state index >= 15 is 0 Å². The van der Waals surface area contributed by atoms with E-state index in [-0.39, 0.29) is 24.0 Å². The Kier molecular flexibility index (Phi) is 7.91. The highest BCUT2D eigenvalue weighted by Crippen LogP contribution is 2.14. The third-order valence-electron chi connectivity index (χ3n) is 4.15. The maximum absolute atomic E-state index is 6.08. The molecule has 146 valence electrons. The van der Waals surface area contributed by atoms with E-state index < -0.39 is 0 Å². The summed E-state index contributed by atoms with van der Waals surface area (Å²) in [4.78, 5) is 6.83. The summed E-state index contributed by atoms with van der Waals surface area (Å²) in [5, 5.41) is 12.5. The van der Waals surface area contributed by atoms with Gasteiger partial charge in [0.25, 0.3) is 0 Å². The van der Waals surface area contributed by atoms with Gasteiger partial charge in [-0.1, -0.05) is 17.7 Å². The van der Waals surface area contributed by atoms with E-state index in [9.17, 15) is 0 Å². The summed E-state index contributed by atoms with van der Waals surface area (Å²) in [7, 11) is 4.02. The van der Waals surface area contributed by atoms with E-state index in [1.807, 2.05) is 59.7 Å². The summed E-state index contributed by atoms with van der Waals surface area (Å²) < 4.78 is 4.03. The van der Waals surface area contributed by atoms with Crippen LogP contribution in [0.25, 0.3) is 5.65 Å². The van der Waals surface area contributed by atoms with Gasteiger partial charge in [0, 0.05) is 51.7 Å². The number of nitrogens with one attached hydrogen (secondary N) is 1. The van der Waals surface area contributed by atoms with E-state index in [1.165, 1.54) is 0 Å². The van der Waals surface area contributed by atoms with Crippen molar-refractivity contribution in [1.29, 1.82) is 0 Å². The van der Waals surface area contributed by atoms with Crippen LogP contribution in [-0.4, -0.2) is 50.2 Å². The molecule has 0 aliphatic carbocycles. The molecule has 0 saturated carbocycles. The fourth-order valence-electron chi connectivity index (χ4n) is 2.83. The molecule has 0 spiro atoms. The summed E-state index contributed by atoms with van der Waals surface area (Å²) in [6.45, 7) is 4.23. The standard InChI is InChI=1S/C18H24ClN7.HI/c1-4-20-18(25(3)13-15-11-14(19)12-24(15)2)21-9-8-17-23-22-16-7-5-6-10-26(16)17;/h5-7,10-12H,4,8-9,13H2,1-3H3,(H,20,21);1H. The molecular weight excluding hydrogens is 477 g/mol. The summed E-state index contributed by atoms with van der Waals surface area (Å²) in [6, 6.07) is 7.86. The molecule has 0 aromatic carbocycles. The van der Waals surface area contributed by atoms with Crippen LogP contribution in [0.5, 0.6) is 0 Å². The Bertz CT molecular complexity index is 902. The number of aliphatic imine (C=N–C) groups is 1. The van der Waals surface area contributed by atoms with Crippen LogP contribution in [0.3, 0.4) is 0 Å². The van der Waals surface area contributed by atoms with Crippen LogP contribution in [0.15, 0.2) is 41.7 Å². The normalized spacial score (nSPS) is 11.5. The number of pyridine rings is 1. The van der Waals surface area contributed by atoms with Crippen LogP contribution in [0.1, 0.15) is 18.4 Å². The topological polar surface area (TPSA) is 62.8 Å². The van der Waals surface area contributed by atoms with E-state index in [0.29, 0.717) is 6.54 Å². The molecule has 3 aromatic rings. The molecule has 0 radical (unpaired) electrons. The molecule has 0 amide bonds. The first-order chi connectivity index (χ1) is 12.6. The predicted molar refractivity (Wildman–Crippen MR) is 120 cm³/mol. The summed E-state index contributed by atoms with van der Waals surface area (Å²) in [5.41, 5.74) is 1.99. The fourth-order valence-corrected chi connectivity index (χ4v) is 3.11. The van der Waals surface area contributed by atoms with Gasteiger partial charge in [-0.3, -0.25) is 9.39 Å². The lowest BCUT2D eigenvalue weighted by molar-refractivity contribution is 0.462. The number of aryl methyl sites for hydroxylation is 1. The average molecular weight is 502 g/mol. The number of hydrogen-bond acceptors (Lipinski definition) is 3. The molecule has 7 nitrogen and oxygen atoms in total. The number of nitrogens with zero attached hydrogens (tertiary/aromatic N) is 6. The van der Waals surface area contributed by atoms with Gasteiger partial charge in [-0.2, -0.15) is 0 Å². The Morgan fingerprint density at radius 3 is 2.85 bits per heavy atom. The van der Waals surface area contributed by atoms with Crippen LogP contribution in [0, 0.1) is 0 Å². The maximum atomic E-state index is 6.08. The van der Waals surface area contributed by atoms with Crippen molar-refractivity contribution in [3.8, 4) is 0 Å². The van der Waals surface area contributed by atoms with Gasteiger partial charge >= 0.3 is 0 Å². The van der Waals surface area contributed by atoms with Gasteiger partial charge in [-0.05, 0) is 25.1 Å². The number of hydrogen-bond donors (Lipinski definition) is 1. The SMILES string of the molecule is CCNC(=NCCc1nnc2ccccn12)N(C)Cc1cc(Cl)cn1C.I. The molecule has 27 heavy (non-hydrogen) atoms. The molecule has 0 aliphatic rings. The van der Waals surface area contributed by atoms with Crippen LogP contribution in [-0.2, 0) is 20.0 Å². The highest BCUT2D eigenvalue weighted by molar-refractivity contribution is 14.0. The zero-order valence-electron chi connectivity index (χ0n) is 15.8. The van der Waals surface area contributed by atoms with Crippen LogP contribution in [0.4, 0.5) is 0 Å². The number of rotatable bonds is 6. The molecule has 3 heterocycles. The molecule has 3 aromatic heterocycles. The Morgan fingerprint density at radius 2 is 2.15 bits per heavy atom. The lowest BCUT2D eigenvalue weighted by atomic mass is 10.4. The molecule has 0 aliphatic heterocycles. The second kappa shape index (κ2) is 9.93.